The van der Waals surface area contributed by atoms with Gasteiger partial charge in [-0.3, -0.25) is 9.78 Å². The summed E-state index contributed by atoms with van der Waals surface area (Å²) in [5, 5.41) is 10.3. The first-order valence-corrected chi connectivity index (χ1v) is 6.22. The zero-order chi connectivity index (χ0) is 13.1. The molecule has 0 aliphatic carbocycles. The second kappa shape index (κ2) is 5.17. The quantitative estimate of drug-likeness (QED) is 0.894. The lowest BCUT2D eigenvalue weighted by Gasteiger charge is -2.12. The highest BCUT2D eigenvalue weighted by Gasteiger charge is 2.18. The van der Waals surface area contributed by atoms with Crippen LogP contribution >= 0.6 is 0 Å². The molecule has 1 aromatic heterocycles. The molecular formula is C15H17NO2. The number of fused-ring (bicyclic) bond motifs is 1. The van der Waals surface area contributed by atoms with Gasteiger partial charge in [-0.15, -0.1) is 0 Å². The number of pyridine rings is 1. The van der Waals surface area contributed by atoms with Crippen LogP contribution in [0.3, 0.4) is 0 Å². The molecule has 0 amide bonds. The Morgan fingerprint density at radius 2 is 2.11 bits per heavy atom. The average Bonchev–Trinajstić information content (AvgIpc) is 2.35. The molecule has 1 atom stereocenters. The Hall–Kier alpha value is -1.90. The van der Waals surface area contributed by atoms with Gasteiger partial charge in [-0.25, -0.2) is 0 Å². The molecule has 2 aromatic rings. The maximum Gasteiger partial charge on any atom is 0.310 e. The first-order chi connectivity index (χ1) is 8.61. The number of carboxylic acid groups (broad SMARTS) is 1. The third kappa shape index (κ3) is 2.50. The molecule has 3 nitrogen and oxygen atoms in total. The van der Waals surface area contributed by atoms with Crippen LogP contribution in [0.4, 0.5) is 0 Å². The highest BCUT2D eigenvalue weighted by Crippen LogP contribution is 2.25. The van der Waals surface area contributed by atoms with Gasteiger partial charge < -0.3 is 5.11 Å². The number of nitrogens with zero attached hydrogens (tertiary/aromatic N) is 1. The van der Waals surface area contributed by atoms with E-state index in [9.17, 15) is 9.90 Å². The van der Waals surface area contributed by atoms with Crippen LogP contribution in [0, 0.1) is 6.92 Å². The second-order valence-corrected chi connectivity index (χ2v) is 4.58. The predicted octanol–water partition coefficient (Wildman–Crippen LogP) is 3.51. The molecule has 0 spiro atoms. The molecule has 1 heterocycles. The van der Waals surface area contributed by atoms with Crippen LogP contribution < -0.4 is 0 Å². The van der Waals surface area contributed by atoms with E-state index in [-0.39, 0.29) is 0 Å². The minimum absolute atomic E-state index is 0.416. The Balaban J connectivity index is 2.45. The second-order valence-electron chi connectivity index (χ2n) is 4.58. The summed E-state index contributed by atoms with van der Waals surface area (Å²) in [5.74, 6) is -1.17. The zero-order valence-corrected chi connectivity index (χ0v) is 10.7. The number of hydrogen-bond acceptors (Lipinski definition) is 2. The van der Waals surface area contributed by atoms with Crippen molar-refractivity contribution in [3.63, 3.8) is 0 Å². The number of rotatable bonds is 4. The van der Waals surface area contributed by atoms with Crippen molar-refractivity contribution in [1.82, 2.24) is 4.98 Å². The van der Waals surface area contributed by atoms with E-state index in [0.717, 1.165) is 28.6 Å². The maximum atomic E-state index is 11.3. The molecule has 0 fully saturated rings. The van der Waals surface area contributed by atoms with Crippen LogP contribution in [0.25, 0.3) is 10.9 Å². The maximum absolute atomic E-state index is 11.3. The van der Waals surface area contributed by atoms with E-state index in [2.05, 4.69) is 4.98 Å². The van der Waals surface area contributed by atoms with E-state index >= 15 is 0 Å². The van der Waals surface area contributed by atoms with Crippen molar-refractivity contribution >= 4 is 16.9 Å². The summed E-state index contributed by atoms with van der Waals surface area (Å²) in [7, 11) is 0. The highest BCUT2D eigenvalue weighted by molar-refractivity contribution is 5.83. The fourth-order valence-corrected chi connectivity index (χ4v) is 2.18. The van der Waals surface area contributed by atoms with Crippen LogP contribution in [0.1, 0.15) is 36.9 Å². The van der Waals surface area contributed by atoms with Gasteiger partial charge in [0.05, 0.1) is 11.4 Å². The molecule has 0 aliphatic rings. The van der Waals surface area contributed by atoms with Gasteiger partial charge in [0.1, 0.15) is 0 Å². The molecule has 3 heteroatoms. The van der Waals surface area contributed by atoms with Crippen LogP contribution in [0.2, 0.25) is 0 Å². The van der Waals surface area contributed by atoms with Crippen molar-refractivity contribution < 1.29 is 9.90 Å². The number of aryl methyl sites for hydroxylation is 1. The number of aromatic nitrogens is 1. The lowest BCUT2D eigenvalue weighted by molar-refractivity contribution is -0.139. The molecular weight excluding hydrogens is 226 g/mol. The summed E-state index contributed by atoms with van der Waals surface area (Å²) < 4.78 is 0. The molecule has 0 radical (unpaired) electrons. The summed E-state index contributed by atoms with van der Waals surface area (Å²) in [6.45, 7) is 3.95. The first kappa shape index (κ1) is 12.6. The fraction of sp³-hybridized carbons (Fsp3) is 0.333. The SMILES string of the molecule is CCCC(C(=O)O)c1ccc2nc(C)ccc2c1. The smallest absolute Gasteiger partial charge is 0.310 e. The molecule has 0 saturated heterocycles. The Morgan fingerprint density at radius 1 is 1.33 bits per heavy atom. The van der Waals surface area contributed by atoms with Crippen LogP contribution in [-0.2, 0) is 4.79 Å². The van der Waals surface area contributed by atoms with Gasteiger partial charge in [0.15, 0.2) is 0 Å². The van der Waals surface area contributed by atoms with Gasteiger partial charge in [0, 0.05) is 11.1 Å². The summed E-state index contributed by atoms with van der Waals surface area (Å²) in [6, 6.07) is 9.66. The number of aliphatic carboxylic acids is 1. The zero-order valence-electron chi connectivity index (χ0n) is 10.7. The van der Waals surface area contributed by atoms with Crippen LogP contribution in [-0.4, -0.2) is 16.1 Å². The minimum atomic E-state index is -0.753. The van der Waals surface area contributed by atoms with E-state index in [1.54, 1.807) is 0 Å². The van der Waals surface area contributed by atoms with Crippen molar-refractivity contribution in [2.45, 2.75) is 32.6 Å². The van der Waals surface area contributed by atoms with E-state index in [1.165, 1.54) is 0 Å². The average molecular weight is 243 g/mol. The lowest BCUT2D eigenvalue weighted by Crippen LogP contribution is -2.11. The highest BCUT2D eigenvalue weighted by atomic mass is 16.4. The Kier molecular flexibility index (Phi) is 3.60. The fourth-order valence-electron chi connectivity index (χ4n) is 2.18. The standard InChI is InChI=1S/C15H17NO2/c1-3-4-13(15(17)18)11-7-8-14-12(9-11)6-5-10(2)16-14/h5-9,13H,3-4H2,1-2H3,(H,17,18). The van der Waals surface area contributed by atoms with E-state index in [0.29, 0.717) is 6.42 Å². The monoisotopic (exact) mass is 243 g/mol. The van der Waals surface area contributed by atoms with Gasteiger partial charge in [-0.2, -0.15) is 0 Å². The van der Waals surface area contributed by atoms with E-state index < -0.39 is 11.9 Å². The van der Waals surface area contributed by atoms with Gasteiger partial charge in [-0.05, 0) is 37.1 Å². The van der Waals surface area contributed by atoms with Gasteiger partial charge in [-0.1, -0.05) is 25.5 Å². The first-order valence-electron chi connectivity index (χ1n) is 6.22. The number of benzene rings is 1. The molecule has 2 rings (SSSR count). The molecule has 0 saturated carbocycles. The number of carboxylic acids is 1. The largest absolute Gasteiger partial charge is 0.481 e. The Labute approximate surface area is 106 Å². The van der Waals surface area contributed by atoms with Crippen molar-refractivity contribution in [2.75, 3.05) is 0 Å². The van der Waals surface area contributed by atoms with Gasteiger partial charge in [0.2, 0.25) is 0 Å². The van der Waals surface area contributed by atoms with E-state index in [4.69, 9.17) is 0 Å². The summed E-state index contributed by atoms with van der Waals surface area (Å²) in [5.41, 5.74) is 2.75. The Bertz CT molecular complexity index is 578. The van der Waals surface area contributed by atoms with Crippen molar-refractivity contribution in [1.29, 1.82) is 0 Å². The molecule has 1 unspecified atom stereocenters. The van der Waals surface area contributed by atoms with Crippen molar-refractivity contribution in [3.05, 3.63) is 41.6 Å². The predicted molar refractivity (Wildman–Crippen MR) is 71.8 cm³/mol. The molecule has 1 aromatic carbocycles. The van der Waals surface area contributed by atoms with Crippen molar-refractivity contribution in [2.24, 2.45) is 0 Å². The van der Waals surface area contributed by atoms with Gasteiger partial charge in [0.25, 0.3) is 0 Å². The topological polar surface area (TPSA) is 50.2 Å². The summed E-state index contributed by atoms with van der Waals surface area (Å²) >= 11 is 0. The van der Waals surface area contributed by atoms with Gasteiger partial charge >= 0.3 is 5.97 Å². The third-order valence-electron chi connectivity index (χ3n) is 3.13. The molecule has 0 aliphatic heterocycles. The number of hydrogen-bond donors (Lipinski definition) is 1. The van der Waals surface area contributed by atoms with Crippen molar-refractivity contribution in [3.8, 4) is 0 Å². The van der Waals surface area contributed by atoms with Crippen LogP contribution in [0.5, 0.6) is 0 Å². The Morgan fingerprint density at radius 3 is 2.78 bits per heavy atom. The number of carbonyl (C=O) groups is 1. The molecule has 0 bridgehead atoms. The van der Waals surface area contributed by atoms with E-state index in [1.807, 2.05) is 44.2 Å². The summed E-state index contributed by atoms with van der Waals surface area (Å²) in [6.07, 6.45) is 1.53. The minimum Gasteiger partial charge on any atom is -0.481 e. The molecule has 18 heavy (non-hydrogen) atoms. The lowest BCUT2D eigenvalue weighted by atomic mass is 9.93. The molecule has 1 N–H and O–H groups in total. The van der Waals surface area contributed by atoms with Crippen LogP contribution in [0.15, 0.2) is 30.3 Å². The third-order valence-corrected chi connectivity index (χ3v) is 3.13. The normalized spacial score (nSPS) is 12.6. The molecule has 94 valence electrons. The summed E-state index contributed by atoms with van der Waals surface area (Å²) in [4.78, 5) is 15.7.